The second kappa shape index (κ2) is 5.88. The molecule has 1 aliphatic carbocycles. The van der Waals surface area contributed by atoms with Gasteiger partial charge in [0.15, 0.2) is 0 Å². The molecule has 0 bridgehead atoms. The number of fused-ring (bicyclic) bond motifs is 1. The van der Waals surface area contributed by atoms with Crippen LogP contribution < -0.4 is 0 Å². The highest BCUT2D eigenvalue weighted by Crippen LogP contribution is 2.30. The van der Waals surface area contributed by atoms with Crippen LogP contribution in [0.15, 0.2) is 24.3 Å². The highest BCUT2D eigenvalue weighted by atomic mass is 16.2. The first-order valence-electron chi connectivity index (χ1n) is 7.88. The third-order valence-electron chi connectivity index (χ3n) is 4.16. The zero-order valence-electron chi connectivity index (χ0n) is 12.9. The first-order valence-corrected chi connectivity index (χ1v) is 7.88. The Hall–Kier alpha value is -1.84. The normalized spacial score (nSPS) is 14.6. The summed E-state index contributed by atoms with van der Waals surface area (Å²) in [5.41, 5.74) is 2.01. The van der Waals surface area contributed by atoms with Gasteiger partial charge in [0.05, 0.1) is 11.0 Å². The molecule has 1 aromatic heterocycles. The molecule has 4 nitrogen and oxygen atoms in total. The Labute approximate surface area is 125 Å². The van der Waals surface area contributed by atoms with E-state index in [4.69, 9.17) is 0 Å². The topological polar surface area (TPSA) is 38.1 Å². The molecular formula is C17H23N3O. The van der Waals surface area contributed by atoms with Crippen LogP contribution in [0.25, 0.3) is 11.0 Å². The van der Waals surface area contributed by atoms with Crippen LogP contribution in [0.4, 0.5) is 0 Å². The van der Waals surface area contributed by atoms with Crippen molar-refractivity contribution in [3.8, 4) is 0 Å². The summed E-state index contributed by atoms with van der Waals surface area (Å²) < 4.78 is 2.03. The number of imidazole rings is 1. The maximum atomic E-state index is 12.6. The van der Waals surface area contributed by atoms with Gasteiger partial charge in [-0.2, -0.15) is 0 Å². The predicted molar refractivity (Wildman–Crippen MR) is 84.1 cm³/mol. The summed E-state index contributed by atoms with van der Waals surface area (Å²) in [6, 6.07) is 8.01. The van der Waals surface area contributed by atoms with E-state index in [9.17, 15) is 4.79 Å². The smallest absolute Gasteiger partial charge is 0.242 e. The molecule has 0 aliphatic heterocycles. The fourth-order valence-electron chi connectivity index (χ4n) is 2.83. The summed E-state index contributed by atoms with van der Waals surface area (Å²) >= 11 is 0. The van der Waals surface area contributed by atoms with Crippen LogP contribution in [0.2, 0.25) is 0 Å². The van der Waals surface area contributed by atoms with Gasteiger partial charge in [0, 0.05) is 13.1 Å². The number of aryl methyl sites for hydroxylation is 1. The average Bonchev–Trinajstić information content (AvgIpc) is 3.23. The van der Waals surface area contributed by atoms with Crippen LogP contribution in [0.3, 0.4) is 0 Å². The Morgan fingerprint density at radius 2 is 2.14 bits per heavy atom. The number of carbonyl (C=O) groups is 1. The Kier molecular flexibility index (Phi) is 3.95. The van der Waals surface area contributed by atoms with Gasteiger partial charge in [0.25, 0.3) is 0 Å². The Morgan fingerprint density at radius 3 is 2.86 bits per heavy atom. The van der Waals surface area contributed by atoms with E-state index in [-0.39, 0.29) is 5.91 Å². The molecule has 0 unspecified atom stereocenters. The van der Waals surface area contributed by atoms with E-state index in [0.717, 1.165) is 42.3 Å². The summed E-state index contributed by atoms with van der Waals surface area (Å²) in [5.74, 6) is 1.86. The highest BCUT2D eigenvalue weighted by molar-refractivity contribution is 5.81. The van der Waals surface area contributed by atoms with Gasteiger partial charge in [-0.05, 0) is 44.2 Å². The minimum Gasteiger partial charge on any atom is -0.341 e. The quantitative estimate of drug-likeness (QED) is 0.818. The van der Waals surface area contributed by atoms with Crippen molar-refractivity contribution in [3.63, 3.8) is 0 Å². The number of carbonyl (C=O) groups excluding carboxylic acids is 1. The molecule has 0 atom stereocenters. The van der Waals surface area contributed by atoms with Crippen molar-refractivity contribution in [3.05, 3.63) is 30.1 Å². The summed E-state index contributed by atoms with van der Waals surface area (Å²) in [6.45, 7) is 6.29. The number of aromatic nitrogens is 2. The lowest BCUT2D eigenvalue weighted by molar-refractivity contribution is -0.132. The van der Waals surface area contributed by atoms with Crippen LogP contribution >= 0.6 is 0 Å². The van der Waals surface area contributed by atoms with Gasteiger partial charge in [0.1, 0.15) is 12.4 Å². The van der Waals surface area contributed by atoms with Crippen molar-refractivity contribution in [2.45, 2.75) is 39.7 Å². The predicted octanol–water partition coefficient (Wildman–Crippen LogP) is 2.99. The number of hydrogen-bond acceptors (Lipinski definition) is 2. The molecule has 1 aliphatic rings. The fourth-order valence-corrected chi connectivity index (χ4v) is 2.83. The van der Waals surface area contributed by atoms with E-state index in [0.29, 0.717) is 6.54 Å². The molecule has 0 radical (unpaired) electrons. The molecule has 1 aromatic carbocycles. The van der Waals surface area contributed by atoms with Gasteiger partial charge in [0.2, 0.25) is 5.91 Å². The van der Waals surface area contributed by atoms with E-state index >= 15 is 0 Å². The van der Waals surface area contributed by atoms with Crippen molar-refractivity contribution < 1.29 is 4.79 Å². The second-order valence-corrected chi connectivity index (χ2v) is 6.02. The average molecular weight is 285 g/mol. The molecule has 3 rings (SSSR count). The van der Waals surface area contributed by atoms with Gasteiger partial charge < -0.3 is 9.47 Å². The molecule has 1 amide bonds. The summed E-state index contributed by atoms with van der Waals surface area (Å²) in [6.07, 6.45) is 3.57. The maximum Gasteiger partial charge on any atom is 0.242 e. The second-order valence-electron chi connectivity index (χ2n) is 6.02. The van der Waals surface area contributed by atoms with Crippen molar-refractivity contribution in [2.24, 2.45) is 5.92 Å². The number of rotatable bonds is 6. The third kappa shape index (κ3) is 3.09. The number of hydrogen-bond donors (Lipinski definition) is 0. The molecule has 4 heteroatoms. The first-order chi connectivity index (χ1) is 10.2. The molecule has 0 spiro atoms. The zero-order chi connectivity index (χ0) is 14.8. The SMILES string of the molecule is CCCN(CC1CC1)C(=O)Cn1c(C)nc2ccccc21. The van der Waals surface area contributed by atoms with E-state index < -0.39 is 0 Å². The molecule has 0 saturated heterocycles. The van der Waals surface area contributed by atoms with Crippen LogP contribution in [0.1, 0.15) is 32.0 Å². The van der Waals surface area contributed by atoms with Gasteiger partial charge in [-0.3, -0.25) is 4.79 Å². The lowest BCUT2D eigenvalue weighted by atomic mass is 10.3. The standard InChI is InChI=1S/C17H23N3O/c1-3-10-19(11-14-8-9-14)17(21)12-20-13(2)18-15-6-4-5-7-16(15)20/h4-7,14H,3,8-12H2,1-2H3. The van der Waals surface area contributed by atoms with Gasteiger partial charge in [-0.25, -0.2) is 4.98 Å². The monoisotopic (exact) mass is 285 g/mol. The molecule has 1 heterocycles. The van der Waals surface area contributed by atoms with Crippen LogP contribution in [0, 0.1) is 12.8 Å². The molecule has 0 N–H and O–H groups in total. The molecule has 21 heavy (non-hydrogen) atoms. The van der Waals surface area contributed by atoms with Crippen molar-refractivity contribution >= 4 is 16.9 Å². The Morgan fingerprint density at radius 1 is 1.38 bits per heavy atom. The lowest BCUT2D eigenvalue weighted by Gasteiger charge is -2.22. The Balaban J connectivity index is 1.79. The third-order valence-corrected chi connectivity index (χ3v) is 4.16. The van der Waals surface area contributed by atoms with Crippen LogP contribution in [-0.4, -0.2) is 33.4 Å². The van der Waals surface area contributed by atoms with Gasteiger partial charge >= 0.3 is 0 Å². The summed E-state index contributed by atoms with van der Waals surface area (Å²) in [4.78, 5) is 19.2. The molecule has 1 fully saturated rings. The first kappa shape index (κ1) is 14.1. The van der Waals surface area contributed by atoms with Crippen molar-refractivity contribution in [2.75, 3.05) is 13.1 Å². The minimum atomic E-state index is 0.218. The lowest BCUT2D eigenvalue weighted by Crippen LogP contribution is -2.36. The number of benzene rings is 1. The molecule has 2 aromatic rings. The zero-order valence-corrected chi connectivity index (χ0v) is 12.9. The fraction of sp³-hybridized carbons (Fsp3) is 0.529. The molecule has 112 valence electrons. The van der Waals surface area contributed by atoms with Crippen LogP contribution in [-0.2, 0) is 11.3 Å². The minimum absolute atomic E-state index is 0.218. The number of para-hydroxylation sites is 2. The molecule has 1 saturated carbocycles. The summed E-state index contributed by atoms with van der Waals surface area (Å²) in [5, 5.41) is 0. The van der Waals surface area contributed by atoms with E-state index in [1.54, 1.807) is 0 Å². The number of nitrogens with zero attached hydrogens (tertiary/aromatic N) is 3. The largest absolute Gasteiger partial charge is 0.341 e. The highest BCUT2D eigenvalue weighted by Gasteiger charge is 2.26. The van der Waals surface area contributed by atoms with E-state index in [1.165, 1.54) is 12.8 Å². The summed E-state index contributed by atoms with van der Waals surface area (Å²) in [7, 11) is 0. The van der Waals surface area contributed by atoms with Crippen molar-refractivity contribution in [1.82, 2.24) is 14.5 Å². The van der Waals surface area contributed by atoms with E-state index in [1.807, 2.05) is 40.7 Å². The van der Waals surface area contributed by atoms with Gasteiger partial charge in [-0.15, -0.1) is 0 Å². The Bertz CT molecular complexity index is 643. The number of amides is 1. The molecular weight excluding hydrogens is 262 g/mol. The maximum absolute atomic E-state index is 12.6. The van der Waals surface area contributed by atoms with Crippen molar-refractivity contribution in [1.29, 1.82) is 0 Å². The van der Waals surface area contributed by atoms with Crippen LogP contribution in [0.5, 0.6) is 0 Å². The van der Waals surface area contributed by atoms with Gasteiger partial charge in [-0.1, -0.05) is 19.1 Å². The van der Waals surface area contributed by atoms with E-state index in [2.05, 4.69) is 11.9 Å².